The van der Waals surface area contributed by atoms with Crippen LogP contribution < -0.4 is 0 Å². The van der Waals surface area contributed by atoms with Crippen LogP contribution in [0.15, 0.2) is 29.3 Å². The fraction of sp³-hybridized carbons (Fsp3) is 0.526. The highest BCUT2D eigenvalue weighted by atomic mass is 16.3. The Morgan fingerprint density at radius 3 is 2.75 bits per heavy atom. The predicted molar refractivity (Wildman–Crippen MR) is 101 cm³/mol. The second-order valence-corrected chi connectivity index (χ2v) is 6.97. The molecule has 0 saturated carbocycles. The quantitative estimate of drug-likeness (QED) is 0.647. The summed E-state index contributed by atoms with van der Waals surface area (Å²) in [5.74, 6) is 2.83. The number of hydrogen-bond donors (Lipinski definition) is 0. The summed E-state index contributed by atoms with van der Waals surface area (Å²) in [5.41, 5.74) is 0.444. The lowest BCUT2D eigenvalue weighted by Crippen LogP contribution is -2.39. The van der Waals surface area contributed by atoms with Gasteiger partial charge in [-0.05, 0) is 25.8 Å². The van der Waals surface area contributed by atoms with E-state index in [4.69, 9.17) is 4.42 Å². The average Bonchev–Trinajstić information content (AvgIpc) is 3.48. The molecule has 0 aliphatic carbocycles. The number of rotatable bonds is 6. The zero-order valence-corrected chi connectivity index (χ0v) is 16.3. The number of aryl methyl sites for hydroxylation is 1. The van der Waals surface area contributed by atoms with Crippen LogP contribution in [0.5, 0.6) is 0 Å². The van der Waals surface area contributed by atoms with E-state index in [-0.39, 0.29) is 5.91 Å². The van der Waals surface area contributed by atoms with Crippen LogP contribution in [0.1, 0.15) is 60.5 Å². The van der Waals surface area contributed by atoms with Gasteiger partial charge in [0.05, 0.1) is 0 Å². The lowest BCUT2D eigenvalue weighted by Gasteiger charge is -2.31. The van der Waals surface area contributed by atoms with Gasteiger partial charge in [0.15, 0.2) is 17.9 Å². The first-order valence-corrected chi connectivity index (χ1v) is 9.82. The number of nitrogens with zero attached hydrogens (tertiary/aromatic N) is 7. The van der Waals surface area contributed by atoms with Crippen LogP contribution in [-0.2, 0) is 19.5 Å². The number of carbonyl (C=O) groups is 1. The van der Waals surface area contributed by atoms with Crippen molar-refractivity contribution in [3.63, 3.8) is 0 Å². The first kappa shape index (κ1) is 18.4. The summed E-state index contributed by atoms with van der Waals surface area (Å²) in [4.78, 5) is 18.7. The molecule has 4 heterocycles. The number of hydrogen-bond acceptors (Lipinski definition) is 6. The molecule has 9 heteroatoms. The van der Waals surface area contributed by atoms with Gasteiger partial charge in [-0.3, -0.25) is 9.48 Å². The fourth-order valence-corrected chi connectivity index (χ4v) is 3.84. The van der Waals surface area contributed by atoms with Gasteiger partial charge in [0.1, 0.15) is 18.1 Å². The molecule has 1 saturated heterocycles. The fourth-order valence-electron chi connectivity index (χ4n) is 3.84. The van der Waals surface area contributed by atoms with Crippen LogP contribution in [0.3, 0.4) is 0 Å². The number of carbonyl (C=O) groups excluding carboxylic acids is 1. The van der Waals surface area contributed by atoms with Gasteiger partial charge in [0.2, 0.25) is 0 Å². The van der Waals surface area contributed by atoms with Crippen LogP contribution in [0.25, 0.3) is 0 Å². The van der Waals surface area contributed by atoms with Gasteiger partial charge in [-0.2, -0.15) is 5.10 Å². The Morgan fingerprint density at radius 1 is 1.25 bits per heavy atom. The molecule has 3 aromatic heterocycles. The number of amides is 1. The summed E-state index contributed by atoms with van der Waals surface area (Å²) < 4.78 is 9.33. The van der Waals surface area contributed by atoms with Crippen molar-refractivity contribution in [2.75, 3.05) is 13.1 Å². The first-order valence-electron chi connectivity index (χ1n) is 9.82. The maximum atomic E-state index is 12.7. The first-order chi connectivity index (χ1) is 13.7. The number of piperidine rings is 1. The van der Waals surface area contributed by atoms with Gasteiger partial charge >= 0.3 is 0 Å². The van der Waals surface area contributed by atoms with Crippen molar-refractivity contribution in [2.45, 2.75) is 52.1 Å². The van der Waals surface area contributed by atoms with Crippen molar-refractivity contribution in [2.24, 2.45) is 0 Å². The Balaban J connectivity index is 1.44. The van der Waals surface area contributed by atoms with E-state index in [1.165, 1.54) is 6.39 Å². The third-order valence-corrected chi connectivity index (χ3v) is 5.35. The van der Waals surface area contributed by atoms with Crippen molar-refractivity contribution in [3.05, 3.63) is 48.0 Å². The van der Waals surface area contributed by atoms with E-state index in [1.807, 2.05) is 28.8 Å². The zero-order valence-electron chi connectivity index (χ0n) is 16.3. The van der Waals surface area contributed by atoms with Crippen LogP contribution in [0.4, 0.5) is 0 Å². The third kappa shape index (κ3) is 3.44. The number of likely N-dealkylation sites (tertiary alicyclic amines) is 1. The molecule has 3 aromatic rings. The molecule has 1 aliphatic heterocycles. The maximum Gasteiger partial charge on any atom is 0.276 e. The highest BCUT2D eigenvalue weighted by molar-refractivity contribution is 5.93. The Hall–Kier alpha value is -2.97. The molecule has 1 fully saturated rings. The summed E-state index contributed by atoms with van der Waals surface area (Å²) in [7, 11) is 0. The highest BCUT2D eigenvalue weighted by Gasteiger charge is 2.30. The highest BCUT2D eigenvalue weighted by Crippen LogP contribution is 2.28. The van der Waals surface area contributed by atoms with Crippen molar-refractivity contribution in [1.29, 1.82) is 0 Å². The normalized spacial score (nSPS) is 15.3. The molecule has 0 aromatic carbocycles. The minimum atomic E-state index is -0.0413. The van der Waals surface area contributed by atoms with Gasteiger partial charge in [-0.1, -0.05) is 6.92 Å². The van der Waals surface area contributed by atoms with Crippen LogP contribution in [0, 0.1) is 0 Å². The second kappa shape index (κ2) is 7.95. The zero-order chi connectivity index (χ0) is 19.5. The predicted octanol–water partition coefficient (Wildman–Crippen LogP) is 2.11. The molecule has 0 radical (unpaired) electrons. The molecule has 28 heavy (non-hydrogen) atoms. The standard InChI is InChI=1S/C19H25N7O2/c1-3-15-17(20-13-28-15)19(27)24-10-6-14(7-11-24)18-23-22-16(26(18)4-2)12-25-9-5-8-21-25/h5,8-9,13-14H,3-4,6-7,10-12H2,1-2H3. The van der Waals surface area contributed by atoms with Crippen molar-refractivity contribution in [1.82, 2.24) is 34.4 Å². The van der Waals surface area contributed by atoms with E-state index >= 15 is 0 Å². The topological polar surface area (TPSA) is 94.9 Å². The van der Waals surface area contributed by atoms with Gasteiger partial charge in [0.25, 0.3) is 5.91 Å². The summed E-state index contributed by atoms with van der Waals surface area (Å²) in [6.07, 6.45) is 7.43. The van der Waals surface area contributed by atoms with Gasteiger partial charge in [0, 0.05) is 44.4 Å². The summed E-state index contributed by atoms with van der Waals surface area (Å²) in [6.45, 7) is 6.86. The molecular weight excluding hydrogens is 358 g/mol. The van der Waals surface area contributed by atoms with Gasteiger partial charge < -0.3 is 13.9 Å². The van der Waals surface area contributed by atoms with E-state index in [0.717, 1.165) is 31.0 Å². The lowest BCUT2D eigenvalue weighted by molar-refractivity contribution is 0.0702. The van der Waals surface area contributed by atoms with Crippen LogP contribution in [0.2, 0.25) is 0 Å². The molecule has 0 bridgehead atoms. The van der Waals surface area contributed by atoms with Crippen molar-refractivity contribution < 1.29 is 9.21 Å². The number of aromatic nitrogens is 6. The Labute approximate surface area is 163 Å². The van der Waals surface area contributed by atoms with Gasteiger partial charge in [-0.25, -0.2) is 4.98 Å². The van der Waals surface area contributed by atoms with Crippen molar-refractivity contribution >= 4 is 5.91 Å². The Bertz CT molecular complexity index is 920. The Kier molecular flexibility index (Phi) is 5.23. The molecular formula is C19H25N7O2. The molecule has 148 valence electrons. The summed E-state index contributed by atoms with van der Waals surface area (Å²) in [6, 6.07) is 1.90. The van der Waals surface area contributed by atoms with E-state index in [0.29, 0.717) is 43.4 Å². The van der Waals surface area contributed by atoms with Crippen LogP contribution >= 0.6 is 0 Å². The SMILES string of the molecule is CCc1ocnc1C(=O)N1CCC(c2nnc(Cn3cccn3)n2CC)CC1. The van der Waals surface area contributed by atoms with Crippen molar-refractivity contribution in [3.8, 4) is 0 Å². The largest absolute Gasteiger partial charge is 0.448 e. The average molecular weight is 383 g/mol. The minimum Gasteiger partial charge on any atom is -0.448 e. The van der Waals surface area contributed by atoms with E-state index < -0.39 is 0 Å². The molecule has 4 rings (SSSR count). The molecule has 1 aliphatic rings. The smallest absolute Gasteiger partial charge is 0.276 e. The molecule has 9 nitrogen and oxygen atoms in total. The second-order valence-electron chi connectivity index (χ2n) is 6.97. The van der Waals surface area contributed by atoms with Gasteiger partial charge in [-0.15, -0.1) is 10.2 Å². The minimum absolute atomic E-state index is 0.0413. The number of oxazole rings is 1. The summed E-state index contributed by atoms with van der Waals surface area (Å²) >= 11 is 0. The third-order valence-electron chi connectivity index (χ3n) is 5.35. The van der Waals surface area contributed by atoms with E-state index in [9.17, 15) is 4.79 Å². The maximum absolute atomic E-state index is 12.7. The molecule has 0 unspecified atom stereocenters. The molecule has 0 N–H and O–H groups in total. The van der Waals surface area contributed by atoms with E-state index in [2.05, 4.69) is 31.8 Å². The molecule has 0 spiro atoms. The molecule has 1 amide bonds. The van der Waals surface area contributed by atoms with Crippen LogP contribution in [-0.4, -0.2) is 53.4 Å². The van der Waals surface area contributed by atoms with E-state index in [1.54, 1.807) is 6.20 Å². The summed E-state index contributed by atoms with van der Waals surface area (Å²) in [5, 5.41) is 13.1. The molecule has 0 atom stereocenters. The lowest BCUT2D eigenvalue weighted by atomic mass is 9.95. The monoisotopic (exact) mass is 383 g/mol. The Morgan fingerprint density at radius 2 is 2.07 bits per heavy atom.